The fraction of sp³-hybridized carbons (Fsp3) is 0.462. The number of unbranched alkanes of at least 4 members (excludes halogenated alkanes) is 3. The number of ketones is 1. The summed E-state index contributed by atoms with van der Waals surface area (Å²) in [7, 11) is 0. The molecule has 0 fully saturated rings. The molecule has 0 aliphatic heterocycles. The topological polar surface area (TPSA) is 17.1 Å². The number of halogens is 2. The maximum atomic E-state index is 11.8. The van der Waals surface area contributed by atoms with Crippen LogP contribution in [0, 0.1) is 0 Å². The van der Waals surface area contributed by atoms with E-state index in [0.717, 1.165) is 12.8 Å². The average Bonchev–Trinajstić information content (AvgIpc) is 2.22. The monoisotopic (exact) mass is 258 g/mol. The number of carbonyl (C=O) groups is 1. The van der Waals surface area contributed by atoms with E-state index in [2.05, 4.69) is 6.92 Å². The predicted molar refractivity (Wildman–Crippen MR) is 69.6 cm³/mol. The van der Waals surface area contributed by atoms with Gasteiger partial charge < -0.3 is 0 Å². The quantitative estimate of drug-likeness (QED) is 0.510. The van der Waals surface area contributed by atoms with Gasteiger partial charge in [0.15, 0.2) is 5.78 Å². The molecule has 0 saturated carbocycles. The van der Waals surface area contributed by atoms with Crippen LogP contribution < -0.4 is 0 Å². The van der Waals surface area contributed by atoms with Crippen molar-refractivity contribution in [2.75, 3.05) is 0 Å². The normalized spacial score (nSPS) is 10.4. The van der Waals surface area contributed by atoms with Gasteiger partial charge in [0.1, 0.15) is 0 Å². The lowest BCUT2D eigenvalue weighted by Gasteiger charge is -2.02. The number of carbonyl (C=O) groups excluding carboxylic acids is 1. The second kappa shape index (κ2) is 6.93. The van der Waals surface area contributed by atoms with E-state index in [1.165, 1.54) is 12.8 Å². The van der Waals surface area contributed by atoms with Crippen molar-refractivity contribution in [2.45, 2.75) is 39.0 Å². The van der Waals surface area contributed by atoms with Crippen molar-refractivity contribution in [3.63, 3.8) is 0 Å². The highest BCUT2D eigenvalue weighted by Gasteiger charge is 2.07. The molecule has 0 N–H and O–H groups in total. The molecule has 0 amide bonds. The third-order valence-corrected chi connectivity index (χ3v) is 2.88. The molecule has 0 heterocycles. The molecule has 0 aromatic heterocycles. The molecule has 0 unspecified atom stereocenters. The van der Waals surface area contributed by atoms with Crippen LogP contribution >= 0.6 is 23.2 Å². The summed E-state index contributed by atoms with van der Waals surface area (Å²) in [6, 6.07) is 4.99. The van der Waals surface area contributed by atoms with Gasteiger partial charge in [-0.2, -0.15) is 0 Å². The van der Waals surface area contributed by atoms with Crippen molar-refractivity contribution in [2.24, 2.45) is 0 Å². The van der Waals surface area contributed by atoms with Crippen molar-refractivity contribution in [3.8, 4) is 0 Å². The van der Waals surface area contributed by atoms with E-state index >= 15 is 0 Å². The Morgan fingerprint density at radius 2 is 1.69 bits per heavy atom. The van der Waals surface area contributed by atoms with Gasteiger partial charge in [0.25, 0.3) is 0 Å². The van der Waals surface area contributed by atoms with Crippen molar-refractivity contribution >= 4 is 29.0 Å². The van der Waals surface area contributed by atoms with Crippen LogP contribution in [0.3, 0.4) is 0 Å². The number of benzene rings is 1. The first-order valence-corrected chi connectivity index (χ1v) is 6.38. The van der Waals surface area contributed by atoms with Crippen LogP contribution in [0.5, 0.6) is 0 Å². The third-order valence-electron chi connectivity index (χ3n) is 2.44. The lowest BCUT2D eigenvalue weighted by molar-refractivity contribution is 0.0979. The minimum absolute atomic E-state index is 0.125. The van der Waals surface area contributed by atoms with Crippen LogP contribution in [-0.2, 0) is 0 Å². The van der Waals surface area contributed by atoms with Crippen LogP contribution in [0.25, 0.3) is 0 Å². The molecule has 0 spiro atoms. The summed E-state index contributed by atoms with van der Waals surface area (Å²) in [5, 5.41) is 1.04. The van der Waals surface area contributed by atoms with Crippen LogP contribution in [0.15, 0.2) is 18.2 Å². The van der Waals surface area contributed by atoms with E-state index in [9.17, 15) is 4.79 Å². The maximum Gasteiger partial charge on any atom is 0.162 e. The molecular formula is C13H16Cl2O. The second-order valence-electron chi connectivity index (χ2n) is 3.89. The molecule has 1 nitrogen and oxygen atoms in total. The molecule has 16 heavy (non-hydrogen) atoms. The Kier molecular flexibility index (Phi) is 5.86. The fourth-order valence-corrected chi connectivity index (χ4v) is 2.10. The summed E-state index contributed by atoms with van der Waals surface area (Å²) in [5.41, 5.74) is 0.619. The van der Waals surface area contributed by atoms with E-state index in [0.29, 0.717) is 22.0 Å². The highest BCUT2D eigenvalue weighted by atomic mass is 35.5. The van der Waals surface area contributed by atoms with Gasteiger partial charge in [-0.3, -0.25) is 4.79 Å². The number of hydrogen-bond acceptors (Lipinski definition) is 1. The Balaban J connectivity index is 2.52. The lowest BCUT2D eigenvalue weighted by atomic mass is 10.0. The largest absolute Gasteiger partial charge is 0.294 e. The van der Waals surface area contributed by atoms with Gasteiger partial charge in [-0.15, -0.1) is 0 Å². The molecular weight excluding hydrogens is 243 g/mol. The number of Topliss-reactive ketones (excluding diaryl/α,β-unsaturated/α-hetero) is 1. The predicted octanol–water partition coefficient (Wildman–Crippen LogP) is 5.15. The van der Waals surface area contributed by atoms with Crippen LogP contribution in [0.1, 0.15) is 49.4 Å². The van der Waals surface area contributed by atoms with Gasteiger partial charge in [0, 0.05) is 22.0 Å². The smallest absolute Gasteiger partial charge is 0.162 e. The zero-order valence-electron chi connectivity index (χ0n) is 9.43. The summed E-state index contributed by atoms with van der Waals surface area (Å²) in [4.78, 5) is 11.8. The highest BCUT2D eigenvalue weighted by molar-refractivity contribution is 6.35. The van der Waals surface area contributed by atoms with Crippen molar-refractivity contribution in [3.05, 3.63) is 33.8 Å². The van der Waals surface area contributed by atoms with Crippen molar-refractivity contribution < 1.29 is 4.79 Å². The van der Waals surface area contributed by atoms with E-state index in [4.69, 9.17) is 23.2 Å². The third kappa shape index (κ3) is 4.54. The van der Waals surface area contributed by atoms with Gasteiger partial charge in [0.05, 0.1) is 0 Å². The lowest BCUT2D eigenvalue weighted by Crippen LogP contribution is -1.98. The van der Waals surface area contributed by atoms with Crippen molar-refractivity contribution in [1.29, 1.82) is 0 Å². The van der Waals surface area contributed by atoms with Gasteiger partial charge in [-0.25, -0.2) is 0 Å². The molecule has 0 atom stereocenters. The summed E-state index contributed by atoms with van der Waals surface area (Å²) in [5.74, 6) is 0.125. The SMILES string of the molecule is CCCCCCC(=O)c1cc(Cl)cc(Cl)c1. The van der Waals surface area contributed by atoms with E-state index in [1.54, 1.807) is 18.2 Å². The second-order valence-corrected chi connectivity index (χ2v) is 4.76. The van der Waals surface area contributed by atoms with Crippen molar-refractivity contribution in [1.82, 2.24) is 0 Å². The van der Waals surface area contributed by atoms with Gasteiger partial charge in [-0.1, -0.05) is 49.4 Å². The summed E-state index contributed by atoms with van der Waals surface area (Å²) in [6.07, 6.45) is 4.99. The standard InChI is InChI=1S/C13H16Cl2O/c1-2-3-4-5-6-13(16)10-7-11(14)9-12(15)8-10/h7-9H,2-6H2,1H3. The maximum absolute atomic E-state index is 11.8. The fourth-order valence-electron chi connectivity index (χ4n) is 1.57. The molecule has 0 saturated heterocycles. The van der Waals surface area contributed by atoms with Gasteiger partial charge in [0.2, 0.25) is 0 Å². The van der Waals surface area contributed by atoms with E-state index in [1.807, 2.05) is 0 Å². The number of hydrogen-bond donors (Lipinski definition) is 0. The van der Waals surface area contributed by atoms with Crippen LogP contribution in [0.2, 0.25) is 10.0 Å². The Morgan fingerprint density at radius 3 is 2.25 bits per heavy atom. The summed E-state index contributed by atoms with van der Waals surface area (Å²) >= 11 is 11.7. The Hall–Kier alpha value is -0.530. The molecule has 0 aliphatic rings. The van der Waals surface area contributed by atoms with E-state index < -0.39 is 0 Å². The Bertz CT molecular complexity index is 341. The first-order chi connectivity index (χ1) is 7.63. The zero-order chi connectivity index (χ0) is 12.0. The molecule has 0 bridgehead atoms. The molecule has 0 radical (unpaired) electrons. The Morgan fingerprint density at radius 1 is 1.06 bits per heavy atom. The summed E-state index contributed by atoms with van der Waals surface area (Å²) in [6.45, 7) is 2.15. The zero-order valence-corrected chi connectivity index (χ0v) is 10.9. The van der Waals surface area contributed by atoms with Gasteiger partial charge >= 0.3 is 0 Å². The molecule has 3 heteroatoms. The minimum Gasteiger partial charge on any atom is -0.294 e. The highest BCUT2D eigenvalue weighted by Crippen LogP contribution is 2.20. The molecule has 1 aromatic carbocycles. The average molecular weight is 259 g/mol. The molecule has 1 aromatic rings. The van der Waals surface area contributed by atoms with E-state index in [-0.39, 0.29) is 5.78 Å². The summed E-state index contributed by atoms with van der Waals surface area (Å²) < 4.78 is 0. The minimum atomic E-state index is 0.125. The van der Waals surface area contributed by atoms with Gasteiger partial charge in [-0.05, 0) is 24.6 Å². The first-order valence-electron chi connectivity index (χ1n) is 5.62. The van der Waals surface area contributed by atoms with Crippen LogP contribution in [-0.4, -0.2) is 5.78 Å². The Labute approximate surface area is 107 Å². The first kappa shape index (κ1) is 13.5. The molecule has 88 valence electrons. The molecule has 0 aliphatic carbocycles. The van der Waals surface area contributed by atoms with Crippen LogP contribution in [0.4, 0.5) is 0 Å². The number of rotatable bonds is 6. The molecule has 1 rings (SSSR count).